The maximum Gasteiger partial charge on any atom is 0.261 e. The Morgan fingerprint density at radius 2 is 1.83 bits per heavy atom. The summed E-state index contributed by atoms with van der Waals surface area (Å²) in [6, 6.07) is 9.23. The normalized spacial score (nSPS) is 14.5. The van der Waals surface area contributed by atoms with Gasteiger partial charge in [-0.1, -0.05) is 23.2 Å². The van der Waals surface area contributed by atoms with Gasteiger partial charge in [0.25, 0.3) is 10.0 Å². The molecule has 0 aliphatic carbocycles. The molecule has 0 spiro atoms. The molecule has 0 radical (unpaired) electrons. The molecule has 8 heteroatoms. The van der Waals surface area contributed by atoms with Crippen LogP contribution in [-0.2, 0) is 21.2 Å². The third kappa shape index (κ3) is 3.22. The molecule has 0 saturated heterocycles. The molecule has 0 bridgehead atoms. The van der Waals surface area contributed by atoms with Crippen molar-refractivity contribution < 1.29 is 13.2 Å². The standard InChI is InChI=1S/C16H14Cl2N2O3S/c1-20-15-6-4-12(8-10(15)2-7-16(20)21)24(22,23)19-14-5-3-11(17)9-13(14)18/h3-6,8-9,19H,2,7H2,1H3. The molecule has 1 aliphatic heterocycles. The van der Waals surface area contributed by atoms with Gasteiger partial charge in [-0.25, -0.2) is 8.42 Å². The summed E-state index contributed by atoms with van der Waals surface area (Å²) in [5.41, 5.74) is 1.81. The lowest BCUT2D eigenvalue weighted by atomic mass is 10.0. The number of anilines is 2. The molecular formula is C16H14Cl2N2O3S. The van der Waals surface area contributed by atoms with E-state index in [0.29, 0.717) is 17.9 Å². The molecule has 1 heterocycles. The number of halogens is 2. The first-order chi connectivity index (χ1) is 11.3. The van der Waals surface area contributed by atoms with Crippen molar-refractivity contribution in [3.63, 3.8) is 0 Å². The van der Waals surface area contributed by atoms with Gasteiger partial charge in [0.15, 0.2) is 0 Å². The van der Waals surface area contributed by atoms with Crippen molar-refractivity contribution in [3.05, 3.63) is 52.0 Å². The maximum atomic E-state index is 12.6. The molecule has 24 heavy (non-hydrogen) atoms. The van der Waals surface area contributed by atoms with Crippen LogP contribution in [0.4, 0.5) is 11.4 Å². The number of nitrogens with one attached hydrogen (secondary N) is 1. The van der Waals surface area contributed by atoms with E-state index in [1.165, 1.54) is 18.2 Å². The second-order valence-corrected chi connectivity index (χ2v) is 8.00. The zero-order valence-corrected chi connectivity index (χ0v) is 15.0. The predicted molar refractivity (Wildman–Crippen MR) is 95.4 cm³/mol. The highest BCUT2D eigenvalue weighted by Gasteiger charge is 2.24. The van der Waals surface area contributed by atoms with Gasteiger partial charge in [-0.15, -0.1) is 0 Å². The lowest BCUT2D eigenvalue weighted by Crippen LogP contribution is -2.31. The minimum Gasteiger partial charge on any atom is -0.315 e. The van der Waals surface area contributed by atoms with Crippen molar-refractivity contribution in [1.29, 1.82) is 0 Å². The van der Waals surface area contributed by atoms with E-state index in [1.54, 1.807) is 30.1 Å². The Hall–Kier alpha value is -1.76. The number of rotatable bonds is 3. The van der Waals surface area contributed by atoms with Crippen LogP contribution >= 0.6 is 23.2 Å². The highest BCUT2D eigenvalue weighted by molar-refractivity contribution is 7.92. The van der Waals surface area contributed by atoms with Crippen LogP contribution in [0, 0.1) is 0 Å². The van der Waals surface area contributed by atoms with Crippen LogP contribution in [0.3, 0.4) is 0 Å². The Labute approximate surface area is 150 Å². The number of aryl methyl sites for hydroxylation is 1. The van der Waals surface area contributed by atoms with E-state index in [2.05, 4.69) is 4.72 Å². The van der Waals surface area contributed by atoms with E-state index in [1.807, 2.05) is 0 Å². The van der Waals surface area contributed by atoms with E-state index in [4.69, 9.17) is 23.2 Å². The SMILES string of the molecule is CN1C(=O)CCc2cc(S(=O)(=O)Nc3ccc(Cl)cc3Cl)ccc21. The van der Waals surface area contributed by atoms with Crippen LogP contribution < -0.4 is 9.62 Å². The third-order valence-corrected chi connectivity index (χ3v) is 5.79. The van der Waals surface area contributed by atoms with Crippen LogP contribution in [0.2, 0.25) is 10.0 Å². The number of fused-ring (bicyclic) bond motifs is 1. The lowest BCUT2D eigenvalue weighted by molar-refractivity contribution is -0.118. The molecule has 1 N–H and O–H groups in total. The summed E-state index contributed by atoms with van der Waals surface area (Å²) in [5, 5.41) is 0.638. The van der Waals surface area contributed by atoms with E-state index in [-0.39, 0.29) is 21.5 Å². The van der Waals surface area contributed by atoms with Gasteiger partial charge < -0.3 is 4.90 Å². The van der Waals surface area contributed by atoms with Crippen molar-refractivity contribution >= 4 is 50.5 Å². The topological polar surface area (TPSA) is 66.5 Å². The number of hydrogen-bond acceptors (Lipinski definition) is 3. The summed E-state index contributed by atoms with van der Waals surface area (Å²) in [6.07, 6.45) is 0.882. The average Bonchev–Trinajstić information content (AvgIpc) is 2.53. The first-order valence-electron chi connectivity index (χ1n) is 7.15. The minimum absolute atomic E-state index is 0.0178. The van der Waals surface area contributed by atoms with Gasteiger partial charge in [-0.2, -0.15) is 0 Å². The van der Waals surface area contributed by atoms with Gasteiger partial charge in [0.1, 0.15) is 0 Å². The Morgan fingerprint density at radius 3 is 2.54 bits per heavy atom. The average molecular weight is 385 g/mol. The summed E-state index contributed by atoms with van der Waals surface area (Å²) in [6.45, 7) is 0. The summed E-state index contributed by atoms with van der Waals surface area (Å²) in [5.74, 6) is 0.0178. The van der Waals surface area contributed by atoms with Crippen LogP contribution in [0.5, 0.6) is 0 Å². The van der Waals surface area contributed by atoms with Crippen LogP contribution in [0.15, 0.2) is 41.3 Å². The Balaban J connectivity index is 1.94. The number of hydrogen-bond donors (Lipinski definition) is 1. The van der Waals surface area contributed by atoms with E-state index >= 15 is 0 Å². The molecule has 0 saturated carbocycles. The molecule has 3 rings (SSSR count). The molecular weight excluding hydrogens is 371 g/mol. The molecule has 0 unspecified atom stereocenters. The first kappa shape index (κ1) is 17.1. The lowest BCUT2D eigenvalue weighted by Gasteiger charge is -2.26. The van der Waals surface area contributed by atoms with Gasteiger partial charge in [-0.3, -0.25) is 9.52 Å². The van der Waals surface area contributed by atoms with Crippen molar-refractivity contribution in [2.24, 2.45) is 0 Å². The van der Waals surface area contributed by atoms with Gasteiger partial charge in [-0.05, 0) is 48.4 Å². The number of benzene rings is 2. The van der Waals surface area contributed by atoms with Gasteiger partial charge in [0.05, 0.1) is 15.6 Å². The highest BCUT2D eigenvalue weighted by Crippen LogP contribution is 2.31. The second-order valence-electron chi connectivity index (χ2n) is 5.47. The molecule has 0 aromatic heterocycles. The molecule has 5 nitrogen and oxygen atoms in total. The maximum absolute atomic E-state index is 12.6. The zero-order chi connectivity index (χ0) is 17.5. The zero-order valence-electron chi connectivity index (χ0n) is 12.7. The van der Waals surface area contributed by atoms with Crippen molar-refractivity contribution in [2.45, 2.75) is 17.7 Å². The second kappa shape index (κ2) is 6.27. The molecule has 126 valence electrons. The van der Waals surface area contributed by atoms with E-state index in [9.17, 15) is 13.2 Å². The predicted octanol–water partition coefficient (Wildman–Crippen LogP) is 3.70. The third-order valence-electron chi connectivity index (χ3n) is 3.88. The molecule has 2 aromatic rings. The number of carbonyl (C=O) groups is 1. The largest absolute Gasteiger partial charge is 0.315 e. The van der Waals surface area contributed by atoms with Crippen LogP contribution in [0.25, 0.3) is 0 Å². The smallest absolute Gasteiger partial charge is 0.261 e. The van der Waals surface area contributed by atoms with Gasteiger partial charge >= 0.3 is 0 Å². The highest BCUT2D eigenvalue weighted by atomic mass is 35.5. The van der Waals surface area contributed by atoms with Crippen molar-refractivity contribution in [3.8, 4) is 0 Å². The molecule has 0 atom stereocenters. The summed E-state index contributed by atoms with van der Waals surface area (Å²) < 4.78 is 27.6. The fourth-order valence-corrected chi connectivity index (χ4v) is 4.22. The quantitative estimate of drug-likeness (QED) is 0.876. The summed E-state index contributed by atoms with van der Waals surface area (Å²) in [7, 11) is -2.11. The Bertz CT molecular complexity index is 929. The summed E-state index contributed by atoms with van der Waals surface area (Å²) in [4.78, 5) is 13.4. The van der Waals surface area contributed by atoms with E-state index in [0.717, 1.165) is 11.3 Å². The molecule has 1 aliphatic rings. The monoisotopic (exact) mass is 384 g/mol. The fraction of sp³-hybridized carbons (Fsp3) is 0.188. The van der Waals surface area contributed by atoms with Crippen LogP contribution in [-0.4, -0.2) is 21.4 Å². The number of amides is 1. The fourth-order valence-electron chi connectivity index (χ4n) is 2.58. The van der Waals surface area contributed by atoms with Crippen molar-refractivity contribution in [2.75, 3.05) is 16.7 Å². The van der Waals surface area contributed by atoms with E-state index < -0.39 is 10.0 Å². The number of nitrogens with zero attached hydrogens (tertiary/aromatic N) is 1. The first-order valence-corrected chi connectivity index (χ1v) is 9.39. The molecule has 0 fully saturated rings. The molecule has 1 amide bonds. The Kier molecular flexibility index (Phi) is 4.46. The number of sulfonamides is 1. The van der Waals surface area contributed by atoms with Crippen LogP contribution in [0.1, 0.15) is 12.0 Å². The van der Waals surface area contributed by atoms with Gasteiger partial charge in [0.2, 0.25) is 5.91 Å². The Morgan fingerprint density at radius 1 is 1.08 bits per heavy atom. The molecule has 2 aromatic carbocycles. The van der Waals surface area contributed by atoms with Crippen molar-refractivity contribution in [1.82, 2.24) is 0 Å². The number of carbonyl (C=O) groups excluding carboxylic acids is 1. The van der Waals surface area contributed by atoms with Gasteiger partial charge in [0, 0.05) is 24.2 Å². The summed E-state index contributed by atoms with van der Waals surface area (Å²) >= 11 is 11.8. The minimum atomic E-state index is -3.79.